The van der Waals surface area contributed by atoms with Crippen LogP contribution >= 0.6 is 11.8 Å². The van der Waals surface area contributed by atoms with Crippen LogP contribution in [0.4, 0.5) is 11.6 Å². The molecule has 0 N–H and O–H groups in total. The van der Waals surface area contributed by atoms with E-state index in [9.17, 15) is 13.8 Å². The van der Waals surface area contributed by atoms with Crippen molar-refractivity contribution in [3.8, 4) is 45.3 Å². The molecule has 2 amide bonds. The fourth-order valence-corrected chi connectivity index (χ4v) is 9.72. The summed E-state index contributed by atoms with van der Waals surface area (Å²) < 4.78 is 33.9. The van der Waals surface area contributed by atoms with Gasteiger partial charge in [-0.15, -0.1) is 0 Å². The summed E-state index contributed by atoms with van der Waals surface area (Å²) in [5.74, 6) is 6.06. The molecule has 414 valence electrons. The summed E-state index contributed by atoms with van der Waals surface area (Å²) in [5, 5.41) is 3.74. The monoisotopic (exact) mass is 1100 g/mol. The zero-order valence-corrected chi connectivity index (χ0v) is 49.6. The summed E-state index contributed by atoms with van der Waals surface area (Å²) in [6.07, 6.45) is 8.05. The molecule has 79 heavy (non-hydrogen) atoms. The number of aryl methyl sites for hydroxylation is 2. The van der Waals surface area contributed by atoms with E-state index in [0.29, 0.717) is 62.3 Å². The highest BCUT2D eigenvalue weighted by Gasteiger charge is 2.27. The maximum absolute atomic E-state index is 13.7. The first-order valence-corrected chi connectivity index (χ1v) is 29.8. The van der Waals surface area contributed by atoms with Crippen molar-refractivity contribution in [2.75, 3.05) is 61.3 Å². The fraction of sp³-hybridized carbons (Fsp3) is 0.333. The highest BCUT2D eigenvalue weighted by atomic mass is 32.2. The highest BCUT2D eigenvalue weighted by Crippen LogP contribution is 2.35. The smallest absolute Gasteiger partial charge is 0.229 e. The predicted octanol–water partition coefficient (Wildman–Crippen LogP) is 14.9. The van der Waals surface area contributed by atoms with Gasteiger partial charge in [0.2, 0.25) is 11.8 Å². The molecule has 2 aromatic heterocycles. The molecule has 6 aromatic carbocycles. The Morgan fingerprint density at radius 2 is 0.949 bits per heavy atom. The number of carbonyl (C=O) groups is 2. The lowest BCUT2D eigenvalue weighted by molar-refractivity contribution is -0.121. The van der Waals surface area contributed by atoms with E-state index >= 15 is 0 Å². The number of hydrogen-bond acceptors (Lipinski definition) is 10. The standard InChI is InChI=1S/C33H38N2O4S.C33H38N2O3S/c1-23-19-26(11-14-30(23)38-5)25-9-7-24(8-10-25)22-35(31(36)21-33(2,3)4)32-29-13-12-28(39-17-18-40(6)37)20-27(29)15-16-34-32;1-23-19-26(11-14-30(23)37-5)25-9-7-24(8-10-25)22-35(31(36)21-33(2,3)4)32-29-13-12-28(38-17-18-39-6)20-27(29)15-16-34-32/h7-16,19-20H,17-18,21-22H2,1-6H3;7-16,19-20H,17-18,21-22H2,1-6H3. The number of pyridine rings is 2. The lowest BCUT2D eigenvalue weighted by atomic mass is 9.91. The Morgan fingerprint density at radius 1 is 0.544 bits per heavy atom. The van der Waals surface area contributed by atoms with Gasteiger partial charge in [0.1, 0.15) is 34.6 Å². The first-order chi connectivity index (χ1) is 37.7. The maximum atomic E-state index is 13.7. The van der Waals surface area contributed by atoms with Gasteiger partial charge in [-0.1, -0.05) is 102 Å². The topological polar surface area (TPSA) is 120 Å². The average Bonchev–Trinajstić information content (AvgIpc) is 3.44. The summed E-state index contributed by atoms with van der Waals surface area (Å²) in [6, 6.07) is 44.7. The van der Waals surface area contributed by atoms with E-state index in [1.165, 1.54) is 0 Å². The quantitative estimate of drug-likeness (QED) is 0.0682. The zero-order valence-electron chi connectivity index (χ0n) is 48.0. The van der Waals surface area contributed by atoms with E-state index in [1.807, 2.05) is 79.4 Å². The molecule has 0 aliphatic heterocycles. The van der Waals surface area contributed by atoms with Gasteiger partial charge in [0.15, 0.2) is 0 Å². The van der Waals surface area contributed by atoms with Gasteiger partial charge >= 0.3 is 0 Å². The summed E-state index contributed by atoms with van der Waals surface area (Å²) >= 11 is 1.76. The summed E-state index contributed by atoms with van der Waals surface area (Å²) in [5.41, 5.74) is 8.39. The van der Waals surface area contributed by atoms with E-state index in [4.69, 9.17) is 23.9 Å². The van der Waals surface area contributed by atoms with Gasteiger partial charge in [-0.3, -0.25) is 23.6 Å². The maximum Gasteiger partial charge on any atom is 0.229 e. The lowest BCUT2D eigenvalue weighted by Gasteiger charge is -2.27. The van der Waals surface area contributed by atoms with Gasteiger partial charge in [-0.05, 0) is 159 Å². The van der Waals surface area contributed by atoms with E-state index in [1.54, 1.807) is 49.5 Å². The number of fused-ring (bicyclic) bond motifs is 2. The van der Waals surface area contributed by atoms with Crippen molar-refractivity contribution in [1.29, 1.82) is 0 Å². The Balaban J connectivity index is 0.000000229. The van der Waals surface area contributed by atoms with Gasteiger partial charge < -0.3 is 18.9 Å². The van der Waals surface area contributed by atoms with Crippen molar-refractivity contribution < 1.29 is 32.7 Å². The van der Waals surface area contributed by atoms with Gasteiger partial charge in [0.25, 0.3) is 0 Å². The number of carbonyl (C=O) groups excluding carboxylic acids is 2. The molecule has 0 fully saturated rings. The summed E-state index contributed by atoms with van der Waals surface area (Å²) in [6.45, 7) is 18.4. The molecule has 0 saturated carbocycles. The molecule has 0 radical (unpaired) electrons. The van der Waals surface area contributed by atoms with Crippen LogP contribution in [0.15, 0.2) is 146 Å². The van der Waals surface area contributed by atoms with Gasteiger partial charge in [-0.25, -0.2) is 9.97 Å². The van der Waals surface area contributed by atoms with Crippen molar-refractivity contribution in [2.45, 2.75) is 81.3 Å². The molecule has 0 aliphatic carbocycles. The van der Waals surface area contributed by atoms with Crippen LogP contribution in [0.5, 0.6) is 23.0 Å². The van der Waals surface area contributed by atoms with E-state index in [0.717, 1.165) is 89.1 Å². The second kappa shape index (κ2) is 27.1. The van der Waals surface area contributed by atoms with Crippen LogP contribution in [0.25, 0.3) is 43.8 Å². The van der Waals surface area contributed by atoms with Crippen molar-refractivity contribution in [2.24, 2.45) is 10.8 Å². The number of rotatable bonds is 20. The Hall–Kier alpha value is -7.22. The highest BCUT2D eigenvalue weighted by molar-refractivity contribution is 7.98. The lowest BCUT2D eigenvalue weighted by Crippen LogP contribution is -2.34. The van der Waals surface area contributed by atoms with Crippen LogP contribution in [0, 0.1) is 24.7 Å². The third kappa shape index (κ3) is 16.7. The van der Waals surface area contributed by atoms with Crippen molar-refractivity contribution in [1.82, 2.24) is 9.97 Å². The molecular weight excluding hydrogens is 1020 g/mol. The molecule has 1 atom stereocenters. The summed E-state index contributed by atoms with van der Waals surface area (Å²) in [4.78, 5) is 40.4. The van der Waals surface area contributed by atoms with Crippen molar-refractivity contribution in [3.05, 3.63) is 168 Å². The molecule has 0 saturated heterocycles. The molecule has 11 nitrogen and oxygen atoms in total. The van der Waals surface area contributed by atoms with Gasteiger partial charge in [-0.2, -0.15) is 11.8 Å². The first-order valence-electron chi connectivity index (χ1n) is 26.6. The fourth-order valence-electron chi connectivity index (χ4n) is 9.16. The number of ether oxygens (including phenoxy) is 4. The Morgan fingerprint density at radius 3 is 1.32 bits per heavy atom. The second-order valence-corrected chi connectivity index (χ2v) is 24.7. The number of methoxy groups -OCH3 is 2. The molecular formula is C66H76N4O7S2. The van der Waals surface area contributed by atoms with Crippen LogP contribution in [0.3, 0.4) is 0 Å². The molecule has 2 heterocycles. The van der Waals surface area contributed by atoms with Crippen molar-refractivity contribution in [3.63, 3.8) is 0 Å². The number of benzene rings is 6. The van der Waals surface area contributed by atoms with Crippen LogP contribution in [0.2, 0.25) is 0 Å². The second-order valence-electron chi connectivity index (χ2n) is 22.2. The number of nitrogens with zero attached hydrogens (tertiary/aromatic N) is 4. The van der Waals surface area contributed by atoms with Gasteiger partial charge in [0, 0.05) is 58.8 Å². The van der Waals surface area contributed by atoms with E-state index in [-0.39, 0.29) is 22.6 Å². The molecule has 1 unspecified atom stereocenters. The Labute approximate surface area is 474 Å². The SMILES string of the molecule is COc1ccc(-c2ccc(CN(C(=O)CC(C)(C)C)c3nccc4cc(OCCS(C)=O)ccc34)cc2)cc1C.COc1ccc(-c2ccc(CN(C(=O)CC(C)(C)C)c3nccc4cc(OCCSC)ccc34)cc2)cc1C. The van der Waals surface area contributed by atoms with Crippen LogP contribution in [0.1, 0.15) is 76.6 Å². The molecule has 8 rings (SSSR count). The zero-order chi connectivity index (χ0) is 56.9. The molecule has 8 aromatic rings. The minimum atomic E-state index is -0.909. The molecule has 0 bridgehead atoms. The third-order valence-electron chi connectivity index (χ3n) is 13.1. The Bertz CT molecular complexity index is 3390. The van der Waals surface area contributed by atoms with Gasteiger partial charge in [0.05, 0.1) is 46.3 Å². The largest absolute Gasteiger partial charge is 0.496 e. The molecule has 13 heteroatoms. The predicted molar refractivity (Wildman–Crippen MR) is 329 cm³/mol. The van der Waals surface area contributed by atoms with Crippen molar-refractivity contribution >= 4 is 67.6 Å². The number of hydrogen-bond donors (Lipinski definition) is 0. The number of anilines is 2. The molecule has 0 aliphatic rings. The first kappa shape index (κ1) is 59.4. The third-order valence-corrected chi connectivity index (χ3v) is 14.5. The minimum absolute atomic E-state index is 0.0214. The van der Waals surface area contributed by atoms with E-state index < -0.39 is 10.8 Å². The summed E-state index contributed by atoms with van der Waals surface area (Å²) in [7, 11) is 2.46. The van der Waals surface area contributed by atoms with Crippen LogP contribution in [-0.4, -0.2) is 77.4 Å². The Kier molecular flexibility index (Phi) is 20.4. The minimum Gasteiger partial charge on any atom is -0.496 e. The number of thioether (sulfide) groups is 1. The normalized spacial score (nSPS) is 11.8. The van der Waals surface area contributed by atoms with Crippen LogP contribution < -0.4 is 28.7 Å². The van der Waals surface area contributed by atoms with E-state index in [2.05, 4.69) is 126 Å². The number of amides is 2. The number of aromatic nitrogens is 2. The average molecular weight is 1100 g/mol. The molecule has 0 spiro atoms. The van der Waals surface area contributed by atoms with Crippen LogP contribution in [-0.2, 0) is 33.5 Å².